The highest BCUT2D eigenvalue weighted by molar-refractivity contribution is 5.77. The van der Waals surface area contributed by atoms with Crippen LogP contribution in [0.5, 0.6) is 0 Å². The third kappa shape index (κ3) is 2.52. The minimum atomic E-state index is 0.729. The van der Waals surface area contributed by atoms with E-state index in [9.17, 15) is 4.79 Å². The number of carbonyl (C=O) groups excluding carboxylic acids is 1. The van der Waals surface area contributed by atoms with Gasteiger partial charge in [-0.2, -0.15) is 0 Å². The molecule has 0 radical (unpaired) electrons. The summed E-state index contributed by atoms with van der Waals surface area (Å²) in [7, 11) is 0. The Kier molecular flexibility index (Phi) is 3.56. The molecule has 0 aliphatic carbocycles. The number of rotatable bonds is 3. The maximum atomic E-state index is 10.8. The van der Waals surface area contributed by atoms with Crippen LogP contribution in [0.2, 0.25) is 0 Å². The van der Waals surface area contributed by atoms with E-state index in [1.54, 1.807) is 0 Å². The van der Waals surface area contributed by atoms with Crippen LogP contribution in [0.4, 0.5) is 5.69 Å². The van der Waals surface area contributed by atoms with Crippen molar-refractivity contribution in [1.29, 1.82) is 0 Å². The number of anilines is 1. The van der Waals surface area contributed by atoms with E-state index in [4.69, 9.17) is 0 Å². The fourth-order valence-corrected chi connectivity index (χ4v) is 3.47. The first-order chi connectivity index (χ1) is 9.28. The first-order valence-electron chi connectivity index (χ1n) is 7.33. The first kappa shape index (κ1) is 12.7. The zero-order valence-corrected chi connectivity index (χ0v) is 11.6. The minimum absolute atomic E-state index is 0.729. The van der Waals surface area contributed by atoms with Crippen LogP contribution in [0, 0.1) is 6.92 Å². The van der Waals surface area contributed by atoms with Gasteiger partial charge in [0.2, 0.25) is 0 Å². The molecule has 1 atom stereocenters. The van der Waals surface area contributed by atoms with Gasteiger partial charge in [0.05, 0.1) is 0 Å². The summed E-state index contributed by atoms with van der Waals surface area (Å²) in [5.74, 6) is 0. The van der Waals surface area contributed by atoms with Gasteiger partial charge in [0, 0.05) is 30.4 Å². The van der Waals surface area contributed by atoms with Crippen LogP contribution in [-0.2, 0) is 0 Å². The molecular weight excluding hydrogens is 236 g/mol. The number of carbonyl (C=O) groups is 1. The van der Waals surface area contributed by atoms with E-state index in [1.807, 2.05) is 12.1 Å². The van der Waals surface area contributed by atoms with Crippen LogP contribution in [0.1, 0.15) is 35.2 Å². The Morgan fingerprint density at radius 1 is 1.21 bits per heavy atom. The number of aryl methyl sites for hydroxylation is 1. The molecule has 0 aromatic heterocycles. The summed E-state index contributed by atoms with van der Waals surface area (Å²) < 4.78 is 0. The molecule has 0 spiro atoms. The van der Waals surface area contributed by atoms with Crippen molar-refractivity contribution < 1.29 is 4.79 Å². The van der Waals surface area contributed by atoms with Crippen molar-refractivity contribution in [3.63, 3.8) is 0 Å². The Balaban J connectivity index is 1.71. The van der Waals surface area contributed by atoms with E-state index < -0.39 is 0 Å². The molecule has 2 aliphatic heterocycles. The van der Waals surface area contributed by atoms with Crippen molar-refractivity contribution in [3.05, 3.63) is 29.3 Å². The Bertz CT molecular complexity index is 466. The molecule has 1 aromatic carbocycles. The summed E-state index contributed by atoms with van der Waals surface area (Å²) in [4.78, 5) is 15.9. The van der Waals surface area contributed by atoms with Gasteiger partial charge in [0.1, 0.15) is 6.29 Å². The lowest BCUT2D eigenvalue weighted by molar-refractivity contribution is 0.112. The van der Waals surface area contributed by atoms with Gasteiger partial charge in [-0.15, -0.1) is 0 Å². The monoisotopic (exact) mass is 258 g/mol. The van der Waals surface area contributed by atoms with Crippen molar-refractivity contribution in [2.45, 2.75) is 32.2 Å². The lowest BCUT2D eigenvalue weighted by Gasteiger charge is -2.25. The first-order valence-corrected chi connectivity index (χ1v) is 7.33. The fourth-order valence-electron chi connectivity index (χ4n) is 3.47. The summed E-state index contributed by atoms with van der Waals surface area (Å²) in [6, 6.07) is 6.75. The molecule has 19 heavy (non-hydrogen) atoms. The van der Waals surface area contributed by atoms with Gasteiger partial charge in [-0.1, -0.05) is 0 Å². The zero-order chi connectivity index (χ0) is 13.2. The predicted molar refractivity (Wildman–Crippen MR) is 78.0 cm³/mol. The van der Waals surface area contributed by atoms with Gasteiger partial charge >= 0.3 is 0 Å². The van der Waals surface area contributed by atoms with Gasteiger partial charge in [-0.25, -0.2) is 0 Å². The van der Waals surface area contributed by atoms with Gasteiger partial charge in [-0.05, 0) is 63.0 Å². The van der Waals surface area contributed by atoms with E-state index in [0.29, 0.717) is 0 Å². The fraction of sp³-hybridized carbons (Fsp3) is 0.562. The predicted octanol–water partition coefficient (Wildman–Crippen LogP) is 2.48. The Labute approximate surface area is 115 Å². The third-order valence-corrected chi connectivity index (χ3v) is 4.52. The second-order valence-electron chi connectivity index (χ2n) is 5.80. The number of nitrogens with zero attached hydrogens (tertiary/aromatic N) is 2. The van der Waals surface area contributed by atoms with Gasteiger partial charge in [0.15, 0.2) is 0 Å². The highest BCUT2D eigenvalue weighted by atomic mass is 16.1. The quantitative estimate of drug-likeness (QED) is 0.778. The highest BCUT2D eigenvalue weighted by Gasteiger charge is 2.29. The lowest BCUT2D eigenvalue weighted by Crippen LogP contribution is -2.35. The number of aldehydes is 1. The van der Waals surface area contributed by atoms with E-state index >= 15 is 0 Å². The van der Waals surface area contributed by atoms with E-state index in [0.717, 1.165) is 31.0 Å². The largest absolute Gasteiger partial charge is 0.370 e. The van der Waals surface area contributed by atoms with E-state index in [1.165, 1.54) is 43.6 Å². The molecule has 0 bridgehead atoms. The normalized spacial score (nSPS) is 24.1. The van der Waals surface area contributed by atoms with Crippen LogP contribution in [0.15, 0.2) is 18.2 Å². The van der Waals surface area contributed by atoms with Crippen molar-refractivity contribution in [1.82, 2.24) is 4.90 Å². The van der Waals surface area contributed by atoms with Crippen molar-refractivity contribution in [3.8, 4) is 0 Å². The summed E-state index contributed by atoms with van der Waals surface area (Å²) >= 11 is 0. The van der Waals surface area contributed by atoms with Gasteiger partial charge < -0.3 is 4.90 Å². The Morgan fingerprint density at radius 2 is 2.00 bits per heavy atom. The van der Waals surface area contributed by atoms with E-state index in [-0.39, 0.29) is 0 Å². The molecule has 102 valence electrons. The van der Waals surface area contributed by atoms with Gasteiger partial charge in [-0.3, -0.25) is 9.69 Å². The molecule has 1 aromatic rings. The van der Waals surface area contributed by atoms with Crippen LogP contribution in [0.3, 0.4) is 0 Å². The maximum Gasteiger partial charge on any atom is 0.150 e. The molecule has 0 N–H and O–H groups in total. The third-order valence-electron chi connectivity index (χ3n) is 4.52. The smallest absolute Gasteiger partial charge is 0.150 e. The topological polar surface area (TPSA) is 23.6 Å². The highest BCUT2D eigenvalue weighted by Crippen LogP contribution is 2.28. The molecule has 3 heteroatoms. The second-order valence-corrected chi connectivity index (χ2v) is 5.80. The average Bonchev–Trinajstić information content (AvgIpc) is 3.09. The van der Waals surface area contributed by atoms with Crippen LogP contribution < -0.4 is 4.90 Å². The molecule has 0 saturated carbocycles. The average molecular weight is 258 g/mol. The molecule has 2 fully saturated rings. The van der Waals surface area contributed by atoms with E-state index in [2.05, 4.69) is 22.8 Å². The molecule has 2 saturated heterocycles. The minimum Gasteiger partial charge on any atom is -0.370 e. The van der Waals surface area contributed by atoms with Crippen molar-refractivity contribution in [2.24, 2.45) is 0 Å². The van der Waals surface area contributed by atoms with Crippen LogP contribution in [-0.4, -0.2) is 43.4 Å². The zero-order valence-electron chi connectivity index (χ0n) is 11.6. The Hall–Kier alpha value is -1.35. The number of hydrogen-bond acceptors (Lipinski definition) is 3. The summed E-state index contributed by atoms with van der Waals surface area (Å²) in [5.41, 5.74) is 3.29. The Morgan fingerprint density at radius 3 is 2.68 bits per heavy atom. The summed E-state index contributed by atoms with van der Waals surface area (Å²) in [6.07, 6.45) is 4.93. The number of likely N-dealkylation sites (tertiary alicyclic amines) is 1. The van der Waals surface area contributed by atoms with Crippen LogP contribution >= 0.6 is 0 Å². The molecule has 3 rings (SSSR count). The number of benzene rings is 1. The molecular formula is C16H22N2O. The molecule has 0 amide bonds. The van der Waals surface area contributed by atoms with Crippen LogP contribution in [0.25, 0.3) is 0 Å². The molecule has 1 unspecified atom stereocenters. The molecule has 2 heterocycles. The standard InChI is InChI=1S/C16H22N2O/c1-13-10-14(12-19)4-5-16(13)18-9-6-15(11-18)17-7-2-3-8-17/h4-5,10,12,15H,2-3,6-9,11H2,1H3. The summed E-state index contributed by atoms with van der Waals surface area (Å²) in [5, 5.41) is 0. The lowest BCUT2D eigenvalue weighted by atomic mass is 10.1. The number of hydrogen-bond donors (Lipinski definition) is 0. The van der Waals surface area contributed by atoms with Gasteiger partial charge in [0.25, 0.3) is 0 Å². The van der Waals surface area contributed by atoms with Crippen molar-refractivity contribution in [2.75, 3.05) is 31.1 Å². The molecule has 2 aliphatic rings. The summed E-state index contributed by atoms with van der Waals surface area (Å²) in [6.45, 7) is 6.94. The molecule has 3 nitrogen and oxygen atoms in total. The van der Waals surface area contributed by atoms with Crippen molar-refractivity contribution >= 4 is 12.0 Å². The SMILES string of the molecule is Cc1cc(C=O)ccc1N1CCC(N2CCCC2)C1. The maximum absolute atomic E-state index is 10.8. The second kappa shape index (κ2) is 5.33.